The SMILES string of the molecule is C#Cc1cncc(CN2CCN(c3cnccn3)CC2)c1. The average molecular weight is 279 g/mol. The fraction of sp³-hybridized carbons (Fsp3) is 0.312. The number of nitrogens with zero attached hydrogens (tertiary/aromatic N) is 5. The van der Waals surface area contributed by atoms with E-state index in [9.17, 15) is 0 Å². The molecule has 0 saturated carbocycles. The molecule has 0 radical (unpaired) electrons. The molecule has 0 N–H and O–H groups in total. The largest absolute Gasteiger partial charge is 0.353 e. The quantitative estimate of drug-likeness (QED) is 0.789. The molecule has 0 atom stereocenters. The van der Waals surface area contributed by atoms with Crippen LogP contribution in [0.1, 0.15) is 11.1 Å². The van der Waals surface area contributed by atoms with Crippen molar-refractivity contribution in [1.29, 1.82) is 0 Å². The van der Waals surface area contributed by atoms with E-state index in [0.717, 1.165) is 44.1 Å². The van der Waals surface area contributed by atoms with E-state index < -0.39 is 0 Å². The van der Waals surface area contributed by atoms with Crippen LogP contribution in [0.5, 0.6) is 0 Å². The van der Waals surface area contributed by atoms with E-state index in [1.807, 2.05) is 18.5 Å². The molecule has 0 spiro atoms. The van der Waals surface area contributed by atoms with E-state index in [1.165, 1.54) is 5.56 Å². The van der Waals surface area contributed by atoms with Crippen molar-refractivity contribution < 1.29 is 0 Å². The molecule has 1 saturated heterocycles. The van der Waals surface area contributed by atoms with Crippen LogP contribution in [0.2, 0.25) is 0 Å². The summed E-state index contributed by atoms with van der Waals surface area (Å²) in [5.74, 6) is 3.58. The van der Waals surface area contributed by atoms with Gasteiger partial charge in [-0.3, -0.25) is 14.9 Å². The summed E-state index contributed by atoms with van der Waals surface area (Å²) < 4.78 is 0. The standard InChI is InChI=1S/C16H17N5/c1-2-14-9-15(11-18-10-14)13-20-5-7-21(8-6-20)16-12-17-3-4-19-16/h1,3-4,9-12H,5-8,13H2. The molecular weight excluding hydrogens is 262 g/mol. The number of anilines is 1. The number of rotatable bonds is 3. The van der Waals surface area contributed by atoms with Gasteiger partial charge in [0.2, 0.25) is 0 Å². The number of terminal acetylenes is 1. The molecule has 5 nitrogen and oxygen atoms in total. The van der Waals surface area contributed by atoms with Gasteiger partial charge in [0.1, 0.15) is 5.82 Å². The summed E-state index contributed by atoms with van der Waals surface area (Å²) >= 11 is 0. The second-order valence-electron chi connectivity index (χ2n) is 5.05. The lowest BCUT2D eigenvalue weighted by molar-refractivity contribution is 0.249. The second-order valence-corrected chi connectivity index (χ2v) is 5.05. The Morgan fingerprint density at radius 1 is 1.05 bits per heavy atom. The monoisotopic (exact) mass is 279 g/mol. The summed E-state index contributed by atoms with van der Waals surface area (Å²) in [5, 5.41) is 0. The smallest absolute Gasteiger partial charge is 0.147 e. The summed E-state index contributed by atoms with van der Waals surface area (Å²) in [6, 6.07) is 2.03. The third-order valence-corrected chi connectivity index (χ3v) is 3.61. The van der Waals surface area contributed by atoms with Crippen LogP contribution in [0, 0.1) is 12.3 Å². The molecule has 3 rings (SSSR count). The van der Waals surface area contributed by atoms with Crippen LogP contribution in [0.15, 0.2) is 37.1 Å². The minimum absolute atomic E-state index is 0.839. The van der Waals surface area contributed by atoms with Gasteiger partial charge in [-0.2, -0.15) is 0 Å². The zero-order valence-electron chi connectivity index (χ0n) is 11.8. The zero-order chi connectivity index (χ0) is 14.5. The summed E-state index contributed by atoms with van der Waals surface area (Å²) in [5.41, 5.74) is 2.00. The lowest BCUT2D eigenvalue weighted by Gasteiger charge is -2.35. The van der Waals surface area contributed by atoms with Gasteiger partial charge in [0.15, 0.2) is 0 Å². The maximum absolute atomic E-state index is 5.41. The Hall–Kier alpha value is -2.45. The van der Waals surface area contributed by atoms with Gasteiger partial charge in [0.05, 0.1) is 6.20 Å². The molecular formula is C16H17N5. The van der Waals surface area contributed by atoms with Gasteiger partial charge in [-0.25, -0.2) is 4.98 Å². The molecule has 3 heterocycles. The summed E-state index contributed by atoms with van der Waals surface area (Å²) in [7, 11) is 0. The molecule has 106 valence electrons. The molecule has 2 aromatic heterocycles. The van der Waals surface area contributed by atoms with Crippen LogP contribution in [0.25, 0.3) is 0 Å². The molecule has 0 aliphatic carbocycles. The third-order valence-electron chi connectivity index (χ3n) is 3.61. The van der Waals surface area contributed by atoms with Crippen molar-refractivity contribution >= 4 is 5.82 Å². The minimum Gasteiger partial charge on any atom is -0.353 e. The first kappa shape index (κ1) is 13.5. The van der Waals surface area contributed by atoms with Gasteiger partial charge < -0.3 is 4.90 Å². The lowest BCUT2D eigenvalue weighted by Crippen LogP contribution is -2.46. The van der Waals surface area contributed by atoms with Crippen molar-refractivity contribution in [3.8, 4) is 12.3 Å². The normalized spacial score (nSPS) is 15.7. The van der Waals surface area contributed by atoms with E-state index >= 15 is 0 Å². The van der Waals surface area contributed by atoms with E-state index in [2.05, 4.69) is 30.7 Å². The Bertz CT molecular complexity index is 627. The van der Waals surface area contributed by atoms with Crippen molar-refractivity contribution in [2.24, 2.45) is 0 Å². The van der Waals surface area contributed by atoms with Crippen molar-refractivity contribution in [3.05, 3.63) is 48.2 Å². The van der Waals surface area contributed by atoms with Crippen LogP contribution in [-0.2, 0) is 6.54 Å². The van der Waals surface area contributed by atoms with Crippen molar-refractivity contribution in [2.45, 2.75) is 6.54 Å². The Labute approximate surface area is 124 Å². The molecule has 21 heavy (non-hydrogen) atoms. The third kappa shape index (κ3) is 3.36. The van der Waals surface area contributed by atoms with Gasteiger partial charge in [-0.15, -0.1) is 6.42 Å². The van der Waals surface area contributed by atoms with Crippen LogP contribution in [0.4, 0.5) is 5.82 Å². The maximum Gasteiger partial charge on any atom is 0.147 e. The molecule has 0 bridgehead atoms. The molecule has 0 amide bonds. The molecule has 5 heteroatoms. The van der Waals surface area contributed by atoms with Crippen LogP contribution in [-0.4, -0.2) is 46.0 Å². The molecule has 1 aliphatic rings. The predicted octanol–water partition coefficient (Wildman–Crippen LogP) is 1.18. The zero-order valence-corrected chi connectivity index (χ0v) is 11.8. The number of pyridine rings is 1. The molecule has 0 aromatic carbocycles. The second kappa shape index (κ2) is 6.33. The Kier molecular flexibility index (Phi) is 4.08. The fourth-order valence-electron chi connectivity index (χ4n) is 2.50. The molecule has 1 aliphatic heterocycles. The average Bonchev–Trinajstić information content (AvgIpc) is 2.56. The van der Waals surface area contributed by atoms with Gasteiger partial charge in [0.25, 0.3) is 0 Å². The highest BCUT2D eigenvalue weighted by atomic mass is 15.3. The molecule has 0 unspecified atom stereocenters. The number of piperazine rings is 1. The van der Waals surface area contributed by atoms with Gasteiger partial charge >= 0.3 is 0 Å². The van der Waals surface area contributed by atoms with Gasteiger partial charge in [0, 0.05) is 63.1 Å². The van der Waals surface area contributed by atoms with Crippen LogP contribution >= 0.6 is 0 Å². The van der Waals surface area contributed by atoms with E-state index in [0.29, 0.717) is 0 Å². The van der Waals surface area contributed by atoms with Gasteiger partial charge in [-0.1, -0.05) is 5.92 Å². The molecule has 2 aromatic rings. The van der Waals surface area contributed by atoms with Crippen LogP contribution in [0.3, 0.4) is 0 Å². The minimum atomic E-state index is 0.839. The number of hydrogen-bond acceptors (Lipinski definition) is 5. The van der Waals surface area contributed by atoms with Crippen LogP contribution < -0.4 is 4.90 Å². The van der Waals surface area contributed by atoms with E-state index in [1.54, 1.807) is 18.6 Å². The first-order valence-electron chi connectivity index (χ1n) is 6.99. The van der Waals surface area contributed by atoms with Crippen molar-refractivity contribution in [2.75, 3.05) is 31.1 Å². The van der Waals surface area contributed by atoms with E-state index in [-0.39, 0.29) is 0 Å². The fourth-order valence-corrected chi connectivity index (χ4v) is 2.50. The Morgan fingerprint density at radius 3 is 2.62 bits per heavy atom. The first-order chi connectivity index (χ1) is 10.3. The highest BCUT2D eigenvalue weighted by Crippen LogP contribution is 2.13. The summed E-state index contributed by atoms with van der Waals surface area (Å²) in [6.07, 6.45) is 14.3. The topological polar surface area (TPSA) is 45.2 Å². The highest BCUT2D eigenvalue weighted by Gasteiger charge is 2.18. The summed E-state index contributed by atoms with van der Waals surface area (Å²) in [4.78, 5) is 17.3. The molecule has 1 fully saturated rings. The van der Waals surface area contributed by atoms with Crippen molar-refractivity contribution in [1.82, 2.24) is 19.9 Å². The Morgan fingerprint density at radius 2 is 1.90 bits per heavy atom. The highest BCUT2D eigenvalue weighted by molar-refractivity contribution is 5.36. The Balaban J connectivity index is 1.57. The first-order valence-corrected chi connectivity index (χ1v) is 6.99. The van der Waals surface area contributed by atoms with Crippen molar-refractivity contribution in [3.63, 3.8) is 0 Å². The van der Waals surface area contributed by atoms with Gasteiger partial charge in [-0.05, 0) is 11.6 Å². The maximum atomic E-state index is 5.41. The lowest BCUT2D eigenvalue weighted by atomic mass is 10.2. The van der Waals surface area contributed by atoms with E-state index in [4.69, 9.17) is 6.42 Å². The predicted molar refractivity (Wildman–Crippen MR) is 81.7 cm³/mol. The summed E-state index contributed by atoms with van der Waals surface area (Å²) in [6.45, 7) is 4.80. The number of hydrogen-bond donors (Lipinski definition) is 0. The number of aromatic nitrogens is 3.